The van der Waals surface area contributed by atoms with Crippen molar-refractivity contribution in [3.63, 3.8) is 0 Å². The Morgan fingerprint density at radius 1 is 1.00 bits per heavy atom. The topological polar surface area (TPSA) is 43.6 Å². The first-order valence-electron chi connectivity index (χ1n) is 8.60. The molecule has 6 heteroatoms. The van der Waals surface area contributed by atoms with Crippen LogP contribution in [0.3, 0.4) is 0 Å². The number of nitrogens with zero attached hydrogens (tertiary/aromatic N) is 4. The van der Waals surface area contributed by atoms with Crippen LogP contribution in [0.2, 0.25) is 0 Å². The highest BCUT2D eigenvalue weighted by atomic mass is 32.1. The Morgan fingerprint density at radius 2 is 1.85 bits per heavy atom. The molecular weight excluding hydrogens is 359 g/mol. The van der Waals surface area contributed by atoms with Gasteiger partial charge in [0.2, 0.25) is 0 Å². The highest BCUT2D eigenvalue weighted by Crippen LogP contribution is 2.27. The number of hydrogen-bond donors (Lipinski definition) is 0. The fraction of sp³-hybridized carbons (Fsp3) is 0.0952. The van der Waals surface area contributed by atoms with Crippen LogP contribution in [0.15, 0.2) is 60.9 Å². The van der Waals surface area contributed by atoms with Gasteiger partial charge in [0.25, 0.3) is 0 Å². The molecule has 0 atom stereocenters. The van der Waals surface area contributed by atoms with Crippen LogP contribution in [-0.2, 0) is 6.54 Å². The lowest BCUT2D eigenvalue weighted by atomic mass is 10.2. The standard InChI is InChI=1S/C21H15FN4S/c1-13-6-7-19-17(10-13)23-20(27-19)12-26-9-8-16-18(11-26)25-21(24-16)14-4-2-3-5-15(14)22/h2-11H,12H2,1H3. The van der Waals surface area contributed by atoms with Crippen LogP contribution in [0.5, 0.6) is 0 Å². The predicted molar refractivity (Wildman–Crippen MR) is 105 cm³/mol. The lowest BCUT2D eigenvalue weighted by Crippen LogP contribution is -2.00. The molecule has 3 heterocycles. The average Bonchev–Trinajstić information content (AvgIpc) is 3.24. The normalized spacial score (nSPS) is 11.5. The van der Waals surface area contributed by atoms with Crippen molar-refractivity contribution in [1.82, 2.24) is 19.5 Å². The fourth-order valence-electron chi connectivity index (χ4n) is 3.12. The van der Waals surface area contributed by atoms with Crippen LogP contribution in [0.4, 0.5) is 4.39 Å². The molecule has 0 spiro atoms. The van der Waals surface area contributed by atoms with E-state index >= 15 is 0 Å². The fourth-order valence-corrected chi connectivity index (χ4v) is 4.08. The van der Waals surface area contributed by atoms with Gasteiger partial charge in [-0.1, -0.05) is 18.2 Å². The summed E-state index contributed by atoms with van der Waals surface area (Å²) in [6.07, 6.45) is 3.89. The molecule has 5 rings (SSSR count). The van der Waals surface area contributed by atoms with Crippen molar-refractivity contribution in [2.45, 2.75) is 13.5 Å². The number of aryl methyl sites for hydroxylation is 1. The van der Waals surface area contributed by atoms with Crippen molar-refractivity contribution in [1.29, 1.82) is 0 Å². The van der Waals surface area contributed by atoms with Gasteiger partial charge < -0.3 is 4.57 Å². The third kappa shape index (κ3) is 2.98. The maximum Gasteiger partial charge on any atom is 0.163 e. The molecule has 2 aliphatic heterocycles. The van der Waals surface area contributed by atoms with Crippen molar-refractivity contribution in [2.75, 3.05) is 0 Å². The highest BCUT2D eigenvalue weighted by Gasteiger charge is 2.15. The number of benzene rings is 2. The van der Waals surface area contributed by atoms with Crippen molar-refractivity contribution < 1.29 is 4.39 Å². The zero-order valence-electron chi connectivity index (χ0n) is 14.6. The van der Waals surface area contributed by atoms with E-state index < -0.39 is 0 Å². The van der Waals surface area contributed by atoms with Gasteiger partial charge in [-0.3, -0.25) is 0 Å². The maximum atomic E-state index is 14.0. The second-order valence-electron chi connectivity index (χ2n) is 6.49. The van der Waals surface area contributed by atoms with Crippen molar-refractivity contribution >= 4 is 21.6 Å². The number of hydrogen-bond acceptors (Lipinski definition) is 4. The second-order valence-corrected chi connectivity index (χ2v) is 7.61. The van der Waals surface area contributed by atoms with Crippen LogP contribution in [0.1, 0.15) is 10.6 Å². The lowest BCUT2D eigenvalue weighted by Gasteiger charge is -2.05. The van der Waals surface area contributed by atoms with Crippen LogP contribution in [-0.4, -0.2) is 19.5 Å². The van der Waals surface area contributed by atoms with E-state index in [0.717, 1.165) is 21.9 Å². The molecule has 0 aliphatic carbocycles. The first-order valence-corrected chi connectivity index (χ1v) is 9.42. The van der Waals surface area contributed by atoms with Crippen molar-refractivity contribution in [3.8, 4) is 22.8 Å². The minimum atomic E-state index is -0.314. The molecule has 0 N–H and O–H groups in total. The average molecular weight is 374 g/mol. The van der Waals surface area contributed by atoms with Gasteiger partial charge >= 0.3 is 0 Å². The summed E-state index contributed by atoms with van der Waals surface area (Å²) in [5.41, 5.74) is 4.16. The lowest BCUT2D eigenvalue weighted by molar-refractivity contribution is 0.630. The number of rotatable bonds is 3. The van der Waals surface area contributed by atoms with Gasteiger partial charge in [-0.25, -0.2) is 19.3 Å². The van der Waals surface area contributed by atoms with Gasteiger partial charge in [-0.15, -0.1) is 11.3 Å². The van der Waals surface area contributed by atoms with Crippen LogP contribution in [0, 0.1) is 12.7 Å². The zero-order chi connectivity index (χ0) is 18.4. The van der Waals surface area contributed by atoms with E-state index in [-0.39, 0.29) is 5.82 Å². The van der Waals surface area contributed by atoms with Gasteiger partial charge in [0.15, 0.2) is 5.82 Å². The Bertz CT molecular complexity index is 1240. The summed E-state index contributed by atoms with van der Waals surface area (Å²) in [4.78, 5) is 13.7. The summed E-state index contributed by atoms with van der Waals surface area (Å²) in [5.74, 6) is 0.0989. The van der Waals surface area contributed by atoms with E-state index in [1.807, 2.05) is 23.0 Å². The quantitative estimate of drug-likeness (QED) is 0.438. The number of pyridine rings is 1. The summed E-state index contributed by atoms with van der Waals surface area (Å²) in [5, 5.41) is 1.04. The molecule has 0 amide bonds. The minimum Gasteiger partial charge on any atom is -0.345 e. The Morgan fingerprint density at radius 3 is 2.74 bits per heavy atom. The highest BCUT2D eigenvalue weighted by molar-refractivity contribution is 7.18. The van der Waals surface area contributed by atoms with E-state index in [9.17, 15) is 4.39 Å². The van der Waals surface area contributed by atoms with E-state index in [1.165, 1.54) is 16.3 Å². The Labute approximate surface area is 159 Å². The van der Waals surface area contributed by atoms with Crippen LogP contribution < -0.4 is 0 Å². The van der Waals surface area contributed by atoms with E-state index in [0.29, 0.717) is 17.9 Å². The number of thiazole rings is 1. The zero-order valence-corrected chi connectivity index (χ0v) is 15.4. The molecule has 0 radical (unpaired) electrons. The molecule has 2 aromatic carbocycles. The Balaban J connectivity index is 1.49. The second kappa shape index (κ2) is 6.25. The molecule has 0 unspecified atom stereocenters. The molecular formula is C21H15FN4S. The molecule has 4 nitrogen and oxygen atoms in total. The summed E-state index contributed by atoms with van der Waals surface area (Å²) in [6, 6.07) is 14.8. The SMILES string of the molecule is Cc1ccc2sc(Cn3ccc4nc(-c5ccccc5F)nc-4c3)nc2c1. The molecule has 27 heavy (non-hydrogen) atoms. The third-order valence-corrected chi connectivity index (χ3v) is 5.47. The molecule has 1 aromatic heterocycles. The first kappa shape index (κ1) is 16.1. The van der Waals surface area contributed by atoms with E-state index in [1.54, 1.807) is 29.5 Å². The first-order chi connectivity index (χ1) is 13.2. The van der Waals surface area contributed by atoms with Gasteiger partial charge in [0.1, 0.15) is 16.5 Å². The summed E-state index contributed by atoms with van der Waals surface area (Å²) in [6.45, 7) is 2.73. The molecule has 0 saturated heterocycles. The van der Waals surface area contributed by atoms with Gasteiger partial charge in [-0.2, -0.15) is 0 Å². The largest absolute Gasteiger partial charge is 0.345 e. The monoisotopic (exact) mass is 374 g/mol. The Kier molecular flexibility index (Phi) is 3.72. The molecule has 2 aliphatic rings. The summed E-state index contributed by atoms with van der Waals surface area (Å²) >= 11 is 1.69. The van der Waals surface area contributed by atoms with Crippen molar-refractivity contribution in [3.05, 3.63) is 77.3 Å². The van der Waals surface area contributed by atoms with Gasteiger partial charge in [-0.05, 0) is 42.8 Å². The smallest absolute Gasteiger partial charge is 0.163 e. The molecule has 0 fully saturated rings. The van der Waals surface area contributed by atoms with Crippen molar-refractivity contribution in [2.24, 2.45) is 0 Å². The predicted octanol–water partition coefficient (Wildman–Crippen LogP) is 5.16. The summed E-state index contributed by atoms with van der Waals surface area (Å²) in [7, 11) is 0. The van der Waals surface area contributed by atoms with E-state index in [4.69, 9.17) is 4.98 Å². The summed E-state index contributed by atoms with van der Waals surface area (Å²) < 4.78 is 17.2. The maximum absolute atomic E-state index is 14.0. The van der Waals surface area contributed by atoms with Gasteiger partial charge in [0, 0.05) is 12.4 Å². The Hall–Kier alpha value is -3.12. The van der Waals surface area contributed by atoms with Crippen LogP contribution in [0.25, 0.3) is 33.0 Å². The van der Waals surface area contributed by atoms with Crippen LogP contribution >= 0.6 is 11.3 Å². The number of imidazole rings is 1. The molecule has 0 bridgehead atoms. The molecule has 132 valence electrons. The number of halogens is 1. The molecule has 3 aromatic rings. The van der Waals surface area contributed by atoms with E-state index in [2.05, 4.69) is 35.1 Å². The minimum absolute atomic E-state index is 0.314. The number of aromatic nitrogens is 4. The van der Waals surface area contributed by atoms with Gasteiger partial charge in [0.05, 0.1) is 28.0 Å². The third-order valence-electron chi connectivity index (χ3n) is 4.45. The molecule has 0 saturated carbocycles. The number of fused-ring (bicyclic) bond motifs is 2.